The number of thiophene rings is 2. The Kier molecular flexibility index (Phi) is 1.79. The van der Waals surface area contributed by atoms with Crippen LogP contribution in [0, 0.1) is 0 Å². The molecule has 0 radical (unpaired) electrons. The van der Waals surface area contributed by atoms with Crippen LogP contribution < -0.4 is 5.73 Å². The standard InChI is InChI=1S/C8H5N3S3/c9-8-10-7(14-11-8)6-3-5-4(13-6)1-2-12-5/h1-3H,(H2,9,11). The maximum absolute atomic E-state index is 5.48. The van der Waals surface area contributed by atoms with E-state index in [0.29, 0.717) is 5.95 Å². The molecule has 0 unspecified atom stereocenters. The number of nitrogens with zero attached hydrogens (tertiary/aromatic N) is 2. The number of nitrogen functional groups attached to an aromatic ring is 1. The van der Waals surface area contributed by atoms with Gasteiger partial charge in [0.05, 0.1) is 4.88 Å². The lowest BCUT2D eigenvalue weighted by molar-refractivity contribution is 1.35. The van der Waals surface area contributed by atoms with Crippen LogP contribution in [0.2, 0.25) is 0 Å². The summed E-state index contributed by atoms with van der Waals surface area (Å²) in [6.07, 6.45) is 0. The van der Waals surface area contributed by atoms with Crippen LogP contribution in [0.15, 0.2) is 17.5 Å². The molecule has 0 aliphatic carbocycles. The average molecular weight is 239 g/mol. The molecule has 3 rings (SSSR count). The highest BCUT2D eigenvalue weighted by Gasteiger charge is 2.08. The number of rotatable bonds is 1. The second-order valence-electron chi connectivity index (χ2n) is 2.72. The molecule has 0 saturated carbocycles. The highest BCUT2D eigenvalue weighted by Crippen LogP contribution is 2.36. The first kappa shape index (κ1) is 8.34. The van der Waals surface area contributed by atoms with E-state index in [9.17, 15) is 0 Å². The summed E-state index contributed by atoms with van der Waals surface area (Å²) in [5.74, 6) is 0.363. The highest BCUT2D eigenvalue weighted by molar-refractivity contribution is 7.30. The van der Waals surface area contributed by atoms with Gasteiger partial charge in [0.25, 0.3) is 0 Å². The lowest BCUT2D eigenvalue weighted by Gasteiger charge is -1.83. The van der Waals surface area contributed by atoms with Gasteiger partial charge in [-0.1, -0.05) is 0 Å². The molecule has 14 heavy (non-hydrogen) atoms. The molecule has 0 amide bonds. The minimum Gasteiger partial charge on any atom is -0.367 e. The average Bonchev–Trinajstić information content (AvgIpc) is 2.75. The molecule has 0 aliphatic rings. The van der Waals surface area contributed by atoms with Crippen LogP contribution in [-0.4, -0.2) is 9.36 Å². The van der Waals surface area contributed by atoms with Crippen molar-refractivity contribution in [2.75, 3.05) is 5.73 Å². The Labute approximate surface area is 92.0 Å². The summed E-state index contributed by atoms with van der Waals surface area (Å²) in [7, 11) is 0. The monoisotopic (exact) mass is 239 g/mol. The van der Waals surface area contributed by atoms with Gasteiger partial charge in [0.15, 0.2) is 5.01 Å². The van der Waals surface area contributed by atoms with E-state index >= 15 is 0 Å². The van der Waals surface area contributed by atoms with Crippen molar-refractivity contribution in [1.82, 2.24) is 9.36 Å². The molecule has 70 valence electrons. The molecule has 0 fully saturated rings. The molecule has 3 aromatic rings. The zero-order valence-electron chi connectivity index (χ0n) is 6.93. The van der Waals surface area contributed by atoms with Crippen molar-refractivity contribution >= 4 is 49.6 Å². The van der Waals surface area contributed by atoms with Crippen LogP contribution in [0.3, 0.4) is 0 Å². The van der Waals surface area contributed by atoms with E-state index in [1.165, 1.54) is 20.9 Å². The van der Waals surface area contributed by atoms with E-state index < -0.39 is 0 Å². The molecule has 0 saturated heterocycles. The van der Waals surface area contributed by atoms with Gasteiger partial charge in [0, 0.05) is 9.40 Å². The molecule has 0 aliphatic heterocycles. The Balaban J connectivity index is 2.18. The van der Waals surface area contributed by atoms with Gasteiger partial charge in [-0.2, -0.15) is 9.36 Å². The summed E-state index contributed by atoms with van der Waals surface area (Å²) >= 11 is 4.83. The first-order chi connectivity index (χ1) is 6.83. The second-order valence-corrected chi connectivity index (χ2v) is 5.50. The summed E-state index contributed by atoms with van der Waals surface area (Å²) in [5.41, 5.74) is 5.48. The number of nitrogens with two attached hydrogens (primary N) is 1. The van der Waals surface area contributed by atoms with E-state index in [-0.39, 0.29) is 0 Å². The summed E-state index contributed by atoms with van der Waals surface area (Å²) < 4.78 is 6.57. The highest BCUT2D eigenvalue weighted by atomic mass is 32.1. The van der Waals surface area contributed by atoms with Crippen LogP contribution in [0.25, 0.3) is 19.3 Å². The van der Waals surface area contributed by atoms with Gasteiger partial charge in [-0.15, -0.1) is 22.7 Å². The quantitative estimate of drug-likeness (QED) is 0.710. The fourth-order valence-corrected chi connectivity index (χ4v) is 3.94. The predicted octanol–water partition coefficient (Wildman–Crippen LogP) is 3.06. The van der Waals surface area contributed by atoms with Crippen molar-refractivity contribution in [1.29, 1.82) is 0 Å². The van der Waals surface area contributed by atoms with Gasteiger partial charge in [-0.25, -0.2) is 0 Å². The molecular formula is C8H5N3S3. The van der Waals surface area contributed by atoms with Gasteiger partial charge in [-0.3, -0.25) is 0 Å². The van der Waals surface area contributed by atoms with Gasteiger partial charge in [-0.05, 0) is 29.0 Å². The zero-order valence-corrected chi connectivity index (χ0v) is 9.38. The maximum Gasteiger partial charge on any atom is 0.232 e. The van der Waals surface area contributed by atoms with Crippen molar-refractivity contribution < 1.29 is 0 Å². The van der Waals surface area contributed by atoms with Crippen LogP contribution >= 0.6 is 34.2 Å². The van der Waals surface area contributed by atoms with E-state index in [1.807, 2.05) is 0 Å². The SMILES string of the molecule is Nc1nsc(-c2cc3sccc3s2)n1. The minimum absolute atomic E-state index is 0.363. The molecule has 6 heteroatoms. The van der Waals surface area contributed by atoms with E-state index in [1.54, 1.807) is 22.7 Å². The molecular weight excluding hydrogens is 234 g/mol. The predicted molar refractivity (Wildman–Crippen MR) is 63.0 cm³/mol. The summed E-state index contributed by atoms with van der Waals surface area (Å²) in [5, 5.41) is 3.01. The molecule has 3 aromatic heterocycles. The van der Waals surface area contributed by atoms with Crippen LogP contribution in [0.1, 0.15) is 0 Å². The molecule has 0 spiro atoms. The van der Waals surface area contributed by atoms with Crippen molar-refractivity contribution in [2.45, 2.75) is 0 Å². The Bertz CT molecular complexity index is 549. The fraction of sp³-hybridized carbons (Fsp3) is 0. The number of hydrogen-bond acceptors (Lipinski definition) is 6. The summed E-state index contributed by atoms with van der Waals surface area (Å²) in [6, 6.07) is 4.27. The topological polar surface area (TPSA) is 51.8 Å². The van der Waals surface area contributed by atoms with Crippen molar-refractivity contribution in [3.8, 4) is 9.88 Å². The zero-order chi connectivity index (χ0) is 9.54. The van der Waals surface area contributed by atoms with Crippen LogP contribution in [0.5, 0.6) is 0 Å². The van der Waals surface area contributed by atoms with Gasteiger partial charge >= 0.3 is 0 Å². The van der Waals surface area contributed by atoms with Crippen molar-refractivity contribution in [2.24, 2.45) is 0 Å². The fourth-order valence-electron chi connectivity index (χ4n) is 1.21. The summed E-state index contributed by atoms with van der Waals surface area (Å²) in [6.45, 7) is 0. The first-order valence-corrected chi connectivity index (χ1v) is 6.36. The first-order valence-electron chi connectivity index (χ1n) is 3.89. The Morgan fingerprint density at radius 2 is 2.21 bits per heavy atom. The van der Waals surface area contributed by atoms with E-state index in [2.05, 4.69) is 26.9 Å². The number of hydrogen-bond donors (Lipinski definition) is 1. The number of aromatic nitrogens is 2. The third-order valence-corrected chi connectivity index (χ3v) is 4.78. The van der Waals surface area contributed by atoms with Gasteiger partial charge in [0.1, 0.15) is 0 Å². The Morgan fingerprint density at radius 3 is 2.93 bits per heavy atom. The molecule has 3 heterocycles. The minimum atomic E-state index is 0.363. The molecule has 3 nitrogen and oxygen atoms in total. The van der Waals surface area contributed by atoms with Crippen molar-refractivity contribution in [3.63, 3.8) is 0 Å². The largest absolute Gasteiger partial charge is 0.367 e. The van der Waals surface area contributed by atoms with Crippen LogP contribution in [-0.2, 0) is 0 Å². The molecule has 0 aromatic carbocycles. The maximum atomic E-state index is 5.48. The Morgan fingerprint density at radius 1 is 1.29 bits per heavy atom. The van der Waals surface area contributed by atoms with Crippen molar-refractivity contribution in [3.05, 3.63) is 17.5 Å². The molecule has 0 atom stereocenters. The number of anilines is 1. The molecule has 2 N–H and O–H groups in total. The second kappa shape index (κ2) is 3.01. The summed E-state index contributed by atoms with van der Waals surface area (Å²) in [4.78, 5) is 5.31. The van der Waals surface area contributed by atoms with Gasteiger partial charge < -0.3 is 5.73 Å². The lowest BCUT2D eigenvalue weighted by atomic mass is 10.4. The Hall–Kier alpha value is -0.980. The third kappa shape index (κ3) is 1.23. The van der Waals surface area contributed by atoms with Gasteiger partial charge in [0.2, 0.25) is 5.95 Å². The third-order valence-electron chi connectivity index (χ3n) is 1.79. The molecule has 0 bridgehead atoms. The van der Waals surface area contributed by atoms with E-state index in [4.69, 9.17) is 5.73 Å². The number of fused-ring (bicyclic) bond motifs is 1. The van der Waals surface area contributed by atoms with Crippen LogP contribution in [0.4, 0.5) is 5.95 Å². The smallest absolute Gasteiger partial charge is 0.232 e. The normalized spacial score (nSPS) is 11.1. The lowest BCUT2D eigenvalue weighted by Crippen LogP contribution is -1.84. The van der Waals surface area contributed by atoms with E-state index in [0.717, 1.165) is 9.88 Å².